The number of benzene rings is 2. The van der Waals surface area contributed by atoms with Gasteiger partial charge < -0.3 is 10.6 Å². The Balaban J connectivity index is 1.35. The van der Waals surface area contributed by atoms with Crippen LogP contribution in [0.1, 0.15) is 44.7 Å². The van der Waals surface area contributed by atoms with E-state index in [1.54, 1.807) is 17.0 Å². The van der Waals surface area contributed by atoms with Crippen LogP contribution in [0.5, 0.6) is 0 Å². The second-order valence-corrected chi connectivity index (χ2v) is 7.88. The summed E-state index contributed by atoms with van der Waals surface area (Å²) < 4.78 is 26.8. The Hall–Kier alpha value is -2.80. The van der Waals surface area contributed by atoms with Crippen LogP contribution in [0.2, 0.25) is 0 Å². The molecule has 0 bridgehead atoms. The van der Waals surface area contributed by atoms with Gasteiger partial charge >= 0.3 is 0 Å². The minimum Gasteiger partial charge on any atom is -0.366 e. The summed E-state index contributed by atoms with van der Waals surface area (Å²) in [5.74, 6) is -1.48. The first-order valence-corrected chi connectivity index (χ1v) is 9.79. The highest BCUT2D eigenvalue weighted by Gasteiger charge is 2.34. The molecule has 2 amide bonds. The van der Waals surface area contributed by atoms with Crippen molar-refractivity contribution in [3.63, 3.8) is 0 Å². The van der Waals surface area contributed by atoms with Crippen molar-refractivity contribution in [3.8, 4) is 0 Å². The Labute approximate surface area is 168 Å². The molecule has 0 aliphatic carbocycles. The van der Waals surface area contributed by atoms with Crippen LogP contribution in [0.25, 0.3) is 0 Å². The van der Waals surface area contributed by atoms with Crippen molar-refractivity contribution in [2.24, 2.45) is 11.7 Å². The monoisotopic (exact) mass is 399 g/mol. The fourth-order valence-corrected chi connectivity index (χ4v) is 4.30. The Morgan fingerprint density at radius 2 is 1.76 bits per heavy atom. The number of nitrogens with zero attached hydrogens (tertiary/aromatic N) is 2. The number of primary amides is 1. The molecule has 0 radical (unpaired) electrons. The number of hydrogen-bond acceptors (Lipinski definition) is 3. The van der Waals surface area contributed by atoms with E-state index in [0.717, 1.165) is 44.1 Å². The lowest BCUT2D eigenvalue weighted by Gasteiger charge is -2.33. The first-order chi connectivity index (χ1) is 13.9. The average Bonchev–Trinajstić information content (AvgIpc) is 2.99. The van der Waals surface area contributed by atoms with Gasteiger partial charge in [-0.25, -0.2) is 8.78 Å². The minimum absolute atomic E-state index is 0.0402. The van der Waals surface area contributed by atoms with E-state index in [1.165, 1.54) is 18.2 Å². The van der Waals surface area contributed by atoms with Gasteiger partial charge in [-0.05, 0) is 67.2 Å². The highest BCUT2D eigenvalue weighted by molar-refractivity contribution is 6.09. The summed E-state index contributed by atoms with van der Waals surface area (Å²) in [6, 6.07) is 8.90. The van der Waals surface area contributed by atoms with Crippen LogP contribution in [0.15, 0.2) is 36.4 Å². The molecule has 0 atom stereocenters. The normalized spacial score (nSPS) is 17.6. The van der Waals surface area contributed by atoms with Crippen LogP contribution >= 0.6 is 0 Å². The topological polar surface area (TPSA) is 66.6 Å². The summed E-state index contributed by atoms with van der Waals surface area (Å²) in [4.78, 5) is 28.4. The van der Waals surface area contributed by atoms with Crippen LogP contribution in [0, 0.1) is 17.6 Å². The van der Waals surface area contributed by atoms with E-state index in [1.807, 2.05) is 0 Å². The Bertz CT molecular complexity index is 938. The average molecular weight is 399 g/mol. The molecule has 29 heavy (non-hydrogen) atoms. The Morgan fingerprint density at radius 3 is 2.41 bits per heavy atom. The molecular formula is C22H23F2N3O2. The second kappa shape index (κ2) is 7.91. The number of nitrogens with two attached hydrogens (primary N) is 1. The summed E-state index contributed by atoms with van der Waals surface area (Å²) in [6.07, 6.45) is 1.89. The van der Waals surface area contributed by atoms with E-state index in [-0.39, 0.29) is 22.9 Å². The maximum atomic E-state index is 13.8. The number of carbonyl (C=O) groups excluding carboxylic acids is 2. The minimum atomic E-state index is -0.787. The fourth-order valence-electron chi connectivity index (χ4n) is 4.30. The summed E-state index contributed by atoms with van der Waals surface area (Å²) in [5, 5.41) is 0. The molecule has 5 nitrogen and oxygen atoms in total. The van der Waals surface area contributed by atoms with Gasteiger partial charge in [0.05, 0.1) is 11.1 Å². The zero-order valence-corrected chi connectivity index (χ0v) is 16.0. The molecule has 2 aromatic rings. The standard InChI is InChI=1S/C22H23F2N3O2/c23-17-3-1-14(2-4-17)11-26-7-5-15(6-8-26)12-27-13-16-9-18(24)10-19(21(25)28)20(16)22(27)29/h1-4,9-10,15H,5-8,11-13H2,(H2,25,28). The lowest BCUT2D eigenvalue weighted by atomic mass is 9.96. The molecule has 0 spiro atoms. The maximum absolute atomic E-state index is 13.8. The molecule has 2 heterocycles. The molecule has 2 aromatic carbocycles. The quantitative estimate of drug-likeness (QED) is 0.841. The SMILES string of the molecule is NC(=O)c1cc(F)cc2c1C(=O)N(CC1CCN(Cc3ccc(F)cc3)CC1)C2. The molecule has 4 rings (SSSR count). The van der Waals surface area contributed by atoms with Gasteiger partial charge in [-0.3, -0.25) is 14.5 Å². The lowest BCUT2D eigenvalue weighted by Crippen LogP contribution is -2.38. The van der Waals surface area contributed by atoms with Gasteiger partial charge in [0.25, 0.3) is 5.91 Å². The maximum Gasteiger partial charge on any atom is 0.255 e. The van der Waals surface area contributed by atoms with Gasteiger partial charge in [0.1, 0.15) is 11.6 Å². The Morgan fingerprint density at radius 1 is 1.07 bits per heavy atom. The number of hydrogen-bond donors (Lipinski definition) is 1. The van der Waals surface area contributed by atoms with Crippen molar-refractivity contribution in [1.29, 1.82) is 0 Å². The molecule has 0 saturated carbocycles. The molecular weight excluding hydrogens is 376 g/mol. The predicted octanol–water partition coefficient (Wildman–Crippen LogP) is 2.93. The zero-order chi connectivity index (χ0) is 20.5. The first kappa shape index (κ1) is 19.5. The second-order valence-electron chi connectivity index (χ2n) is 7.88. The number of rotatable bonds is 5. The van der Waals surface area contributed by atoms with Gasteiger partial charge in [-0.2, -0.15) is 0 Å². The molecule has 2 aliphatic rings. The molecule has 152 valence electrons. The van der Waals surface area contributed by atoms with Gasteiger partial charge in [0, 0.05) is 19.6 Å². The third kappa shape index (κ3) is 4.15. The lowest BCUT2D eigenvalue weighted by molar-refractivity contribution is 0.0708. The van der Waals surface area contributed by atoms with Crippen LogP contribution < -0.4 is 5.73 Å². The van der Waals surface area contributed by atoms with Crippen LogP contribution in [0.3, 0.4) is 0 Å². The van der Waals surface area contributed by atoms with E-state index in [0.29, 0.717) is 24.6 Å². The zero-order valence-electron chi connectivity index (χ0n) is 16.0. The molecule has 7 heteroatoms. The number of fused-ring (bicyclic) bond motifs is 1. The third-order valence-electron chi connectivity index (χ3n) is 5.82. The van der Waals surface area contributed by atoms with E-state index in [4.69, 9.17) is 5.73 Å². The number of likely N-dealkylation sites (tertiary alicyclic amines) is 1. The Kier molecular flexibility index (Phi) is 5.32. The van der Waals surface area contributed by atoms with Crippen molar-refractivity contribution in [2.75, 3.05) is 19.6 Å². The van der Waals surface area contributed by atoms with Crippen molar-refractivity contribution < 1.29 is 18.4 Å². The predicted molar refractivity (Wildman–Crippen MR) is 104 cm³/mol. The van der Waals surface area contributed by atoms with Gasteiger partial charge in [-0.1, -0.05) is 12.1 Å². The largest absolute Gasteiger partial charge is 0.366 e. The summed E-state index contributed by atoms with van der Waals surface area (Å²) >= 11 is 0. The first-order valence-electron chi connectivity index (χ1n) is 9.79. The van der Waals surface area contributed by atoms with Crippen LogP contribution in [-0.4, -0.2) is 41.2 Å². The van der Waals surface area contributed by atoms with Gasteiger partial charge in [0.2, 0.25) is 5.91 Å². The molecule has 0 aromatic heterocycles. The van der Waals surface area contributed by atoms with Crippen LogP contribution in [-0.2, 0) is 13.1 Å². The molecule has 1 saturated heterocycles. The molecule has 0 unspecified atom stereocenters. The smallest absolute Gasteiger partial charge is 0.255 e. The highest BCUT2D eigenvalue weighted by Crippen LogP contribution is 2.30. The number of amides is 2. The summed E-state index contributed by atoms with van der Waals surface area (Å²) in [6.45, 7) is 3.47. The van der Waals surface area contributed by atoms with E-state index in [9.17, 15) is 18.4 Å². The highest BCUT2D eigenvalue weighted by atomic mass is 19.1. The van der Waals surface area contributed by atoms with Crippen molar-refractivity contribution in [2.45, 2.75) is 25.9 Å². The molecule has 1 fully saturated rings. The van der Waals surface area contributed by atoms with E-state index in [2.05, 4.69) is 4.90 Å². The number of carbonyl (C=O) groups is 2. The summed E-state index contributed by atoms with van der Waals surface area (Å²) in [7, 11) is 0. The molecule has 2 aliphatic heterocycles. The van der Waals surface area contributed by atoms with Crippen molar-refractivity contribution >= 4 is 11.8 Å². The third-order valence-corrected chi connectivity index (χ3v) is 5.82. The van der Waals surface area contributed by atoms with Gasteiger partial charge in [-0.15, -0.1) is 0 Å². The number of halogens is 2. The van der Waals surface area contributed by atoms with E-state index < -0.39 is 11.7 Å². The van der Waals surface area contributed by atoms with Crippen molar-refractivity contribution in [3.05, 3.63) is 70.3 Å². The fraction of sp³-hybridized carbons (Fsp3) is 0.364. The molecule has 2 N–H and O–H groups in total. The summed E-state index contributed by atoms with van der Waals surface area (Å²) in [5.41, 5.74) is 7.14. The number of piperidine rings is 1. The van der Waals surface area contributed by atoms with E-state index >= 15 is 0 Å². The van der Waals surface area contributed by atoms with Gasteiger partial charge in [0.15, 0.2) is 0 Å². The van der Waals surface area contributed by atoms with Crippen LogP contribution in [0.4, 0.5) is 8.78 Å². The van der Waals surface area contributed by atoms with Crippen molar-refractivity contribution in [1.82, 2.24) is 9.80 Å².